The van der Waals surface area contributed by atoms with Crippen LogP contribution >= 0.6 is 72.4 Å². The molecule has 2 heterocycles. The van der Waals surface area contributed by atoms with E-state index >= 15 is 0 Å². The summed E-state index contributed by atoms with van der Waals surface area (Å²) < 4.78 is 20.2. The normalized spacial score (nSPS) is 15.3. The molecule has 1 aliphatic rings. The van der Waals surface area contributed by atoms with E-state index in [-0.39, 0.29) is 23.5 Å². The van der Waals surface area contributed by atoms with E-state index in [9.17, 15) is 14.7 Å². The highest BCUT2D eigenvalue weighted by atomic mass is 127. The molecule has 1 aromatic heterocycles. The highest BCUT2D eigenvalue weighted by molar-refractivity contribution is 14.1. The topological polar surface area (TPSA) is 99.4 Å². The van der Waals surface area contributed by atoms with Gasteiger partial charge in [0.25, 0.3) is 5.56 Å². The number of aromatic hydroxyl groups is 1. The van der Waals surface area contributed by atoms with Gasteiger partial charge in [-0.1, -0.05) is 27.3 Å². The number of ether oxygens (including phenoxy) is 3. The molecule has 3 aromatic rings. The van der Waals surface area contributed by atoms with Gasteiger partial charge in [0, 0.05) is 4.47 Å². The van der Waals surface area contributed by atoms with Crippen LogP contribution in [-0.2, 0) is 9.53 Å². The van der Waals surface area contributed by atoms with E-state index in [1.54, 1.807) is 44.2 Å². The smallest absolute Gasteiger partial charge is 0.338 e. The average molecular weight is 811 g/mol. The Balaban J connectivity index is 2.02. The van der Waals surface area contributed by atoms with Gasteiger partial charge in [-0.3, -0.25) is 9.36 Å². The van der Waals surface area contributed by atoms with Crippen LogP contribution in [0.4, 0.5) is 0 Å². The van der Waals surface area contributed by atoms with E-state index in [0.29, 0.717) is 43.7 Å². The molecule has 1 atom stereocenters. The van der Waals surface area contributed by atoms with E-state index in [2.05, 4.69) is 66.1 Å². The van der Waals surface area contributed by atoms with Gasteiger partial charge >= 0.3 is 5.97 Å². The zero-order valence-corrected chi connectivity index (χ0v) is 26.8. The SMILES string of the molecule is CCOC(=O)C1=C(C)N=c2s/c(=C\c3cc(I)c(O)c(I)c3)c(=O)n2[C@@H]1c1cc(OC)c(OC)cc1Br. The molecule has 0 saturated heterocycles. The second-order valence-electron chi connectivity index (χ2n) is 7.86. The van der Waals surface area contributed by atoms with Crippen molar-refractivity contribution in [2.75, 3.05) is 20.8 Å². The second-order valence-corrected chi connectivity index (χ2v) is 12.1. The number of thiazole rings is 1. The van der Waals surface area contributed by atoms with Crippen LogP contribution in [0.5, 0.6) is 17.2 Å². The molecule has 1 aliphatic heterocycles. The number of carbonyl (C=O) groups excluding carboxylic acids is 1. The minimum atomic E-state index is -0.813. The lowest BCUT2D eigenvalue weighted by Crippen LogP contribution is -2.40. The maximum absolute atomic E-state index is 13.8. The predicted molar refractivity (Wildman–Crippen MR) is 161 cm³/mol. The van der Waals surface area contributed by atoms with Gasteiger partial charge in [0.1, 0.15) is 5.75 Å². The van der Waals surface area contributed by atoms with Gasteiger partial charge in [0.2, 0.25) is 0 Å². The van der Waals surface area contributed by atoms with Gasteiger partial charge in [-0.25, -0.2) is 9.79 Å². The minimum Gasteiger partial charge on any atom is -0.506 e. The number of carbonyl (C=O) groups is 1. The Labute approximate surface area is 252 Å². The lowest BCUT2D eigenvalue weighted by molar-refractivity contribution is -0.139. The molecular weight excluding hydrogens is 790 g/mol. The summed E-state index contributed by atoms with van der Waals surface area (Å²) in [6, 6.07) is 6.27. The molecule has 0 saturated carbocycles. The fourth-order valence-corrected chi connectivity index (χ4v) is 7.39. The molecule has 4 rings (SSSR count). The molecule has 12 heteroatoms. The van der Waals surface area contributed by atoms with E-state index in [1.165, 1.54) is 30.1 Å². The van der Waals surface area contributed by atoms with E-state index < -0.39 is 12.0 Å². The van der Waals surface area contributed by atoms with Crippen LogP contribution in [0.25, 0.3) is 6.08 Å². The zero-order chi connectivity index (χ0) is 27.0. The van der Waals surface area contributed by atoms with Gasteiger partial charge in [0.05, 0.1) is 49.8 Å². The average Bonchev–Trinajstić information content (AvgIpc) is 3.15. The van der Waals surface area contributed by atoms with Crippen LogP contribution in [0.2, 0.25) is 0 Å². The Kier molecular flexibility index (Phi) is 8.70. The molecule has 8 nitrogen and oxygen atoms in total. The number of nitrogens with zero attached hydrogens (tertiary/aromatic N) is 2. The van der Waals surface area contributed by atoms with Crippen LogP contribution in [0, 0.1) is 7.14 Å². The van der Waals surface area contributed by atoms with Gasteiger partial charge < -0.3 is 19.3 Å². The number of hydrogen-bond donors (Lipinski definition) is 1. The van der Waals surface area contributed by atoms with Crippen molar-refractivity contribution in [1.29, 1.82) is 0 Å². The van der Waals surface area contributed by atoms with Gasteiger partial charge in [-0.05, 0) is 100 Å². The van der Waals surface area contributed by atoms with Crippen molar-refractivity contribution in [2.45, 2.75) is 19.9 Å². The minimum absolute atomic E-state index is 0.179. The summed E-state index contributed by atoms with van der Waals surface area (Å²) >= 11 is 8.93. The van der Waals surface area contributed by atoms with Crippen LogP contribution in [-0.4, -0.2) is 36.5 Å². The van der Waals surface area contributed by atoms with Gasteiger partial charge in [-0.2, -0.15) is 0 Å². The monoisotopic (exact) mass is 810 g/mol. The quantitative estimate of drug-likeness (QED) is 0.291. The molecule has 1 N–H and O–H groups in total. The number of rotatable bonds is 6. The summed E-state index contributed by atoms with van der Waals surface area (Å²) in [6.07, 6.45) is 1.76. The third kappa shape index (κ3) is 5.34. The molecule has 0 amide bonds. The predicted octanol–water partition coefficient (Wildman–Crippen LogP) is 4.49. The molecule has 0 unspecified atom stereocenters. The number of halogens is 3. The van der Waals surface area contributed by atoms with Crippen molar-refractivity contribution in [1.82, 2.24) is 4.57 Å². The van der Waals surface area contributed by atoms with Crippen molar-refractivity contribution in [2.24, 2.45) is 4.99 Å². The summed E-state index contributed by atoms with van der Waals surface area (Å²) in [6.45, 7) is 3.64. The number of benzene rings is 2. The second kappa shape index (κ2) is 11.5. The molecule has 0 fully saturated rings. The third-order valence-electron chi connectivity index (χ3n) is 5.65. The first-order chi connectivity index (χ1) is 17.6. The summed E-state index contributed by atoms with van der Waals surface area (Å²) in [7, 11) is 3.06. The number of fused-ring (bicyclic) bond motifs is 1. The largest absolute Gasteiger partial charge is 0.506 e. The van der Waals surface area contributed by atoms with Crippen molar-refractivity contribution < 1.29 is 24.1 Å². The number of allylic oxidation sites excluding steroid dienone is 1. The number of phenols is 1. The van der Waals surface area contributed by atoms with Gasteiger partial charge in [-0.15, -0.1) is 0 Å². The molecule has 2 aromatic carbocycles. The fraction of sp³-hybridized carbons (Fsp3) is 0.240. The van der Waals surface area contributed by atoms with Crippen LogP contribution in [0.1, 0.15) is 31.0 Å². The standard InChI is InChI=1S/C25H21BrI2N2O6S/c1-5-36-24(33)20-11(2)29-25-30(21(20)13-9-17(34-3)18(35-4)10-14(13)26)23(32)19(37-25)8-12-6-15(27)22(31)16(28)7-12/h6-10,21,31H,5H2,1-4H3/b19-8-/t21-/m1/s1. The first-order valence-electron chi connectivity index (χ1n) is 10.9. The molecule has 37 heavy (non-hydrogen) atoms. The summed E-state index contributed by atoms with van der Waals surface area (Å²) in [5.41, 5.74) is 1.82. The maximum Gasteiger partial charge on any atom is 0.338 e. The lowest BCUT2D eigenvalue weighted by Gasteiger charge is -2.26. The Hall–Kier alpha value is -1.91. The number of methoxy groups -OCH3 is 2. The Morgan fingerprint density at radius 1 is 1.19 bits per heavy atom. The molecule has 0 bridgehead atoms. The molecule has 0 radical (unpaired) electrons. The van der Waals surface area contributed by atoms with Crippen LogP contribution < -0.4 is 24.4 Å². The first-order valence-corrected chi connectivity index (χ1v) is 14.7. The first kappa shape index (κ1) is 28.1. The Bertz CT molecular complexity index is 1610. The van der Waals surface area contributed by atoms with Crippen molar-refractivity contribution >= 4 is 84.5 Å². The maximum atomic E-state index is 13.8. The number of phenolic OH excluding ortho intramolecular Hbond substituents is 1. The summed E-state index contributed by atoms with van der Waals surface area (Å²) in [4.78, 5) is 32.1. The number of hydrogen-bond acceptors (Lipinski definition) is 8. The summed E-state index contributed by atoms with van der Waals surface area (Å²) in [5, 5.41) is 10.1. The number of aromatic nitrogens is 1. The van der Waals surface area contributed by atoms with Crippen molar-refractivity contribution in [3.63, 3.8) is 0 Å². The number of esters is 1. The molecule has 0 aliphatic carbocycles. The fourth-order valence-electron chi connectivity index (χ4n) is 3.99. The van der Waals surface area contributed by atoms with Crippen molar-refractivity contribution in [3.8, 4) is 17.2 Å². The Morgan fingerprint density at radius 3 is 2.41 bits per heavy atom. The van der Waals surface area contributed by atoms with Crippen LogP contribution in [0.15, 0.2) is 49.8 Å². The highest BCUT2D eigenvalue weighted by Gasteiger charge is 2.35. The summed E-state index contributed by atoms with van der Waals surface area (Å²) in [5.74, 6) is 0.606. The van der Waals surface area contributed by atoms with Gasteiger partial charge in [0.15, 0.2) is 16.3 Å². The highest BCUT2D eigenvalue weighted by Crippen LogP contribution is 2.40. The van der Waals surface area contributed by atoms with E-state index in [0.717, 1.165) is 5.56 Å². The Morgan fingerprint density at radius 2 is 1.81 bits per heavy atom. The zero-order valence-electron chi connectivity index (χ0n) is 20.1. The lowest BCUT2D eigenvalue weighted by atomic mass is 9.95. The van der Waals surface area contributed by atoms with Crippen molar-refractivity contribution in [3.05, 3.63) is 78.0 Å². The van der Waals surface area contributed by atoms with Crippen LogP contribution in [0.3, 0.4) is 0 Å². The third-order valence-corrected chi connectivity index (χ3v) is 8.97. The molecule has 194 valence electrons. The van der Waals surface area contributed by atoms with E-state index in [4.69, 9.17) is 14.2 Å². The molecular formula is C25H21BrI2N2O6S. The molecule has 0 spiro atoms. The van der Waals surface area contributed by atoms with E-state index in [1.807, 2.05) is 0 Å².